The molecule has 0 aliphatic carbocycles. The molecule has 0 spiro atoms. The van der Waals surface area contributed by atoms with Crippen LogP contribution in [-0.4, -0.2) is 49.1 Å². The molecule has 1 fully saturated rings. The van der Waals surface area contributed by atoms with Crippen molar-refractivity contribution in [3.05, 3.63) is 16.1 Å². The molecular weight excluding hydrogens is 342 g/mol. The van der Waals surface area contributed by atoms with E-state index in [1.54, 1.807) is 11.3 Å². The lowest BCUT2D eigenvalue weighted by atomic mass is 9.97. The van der Waals surface area contributed by atoms with Gasteiger partial charge in [0.1, 0.15) is 0 Å². The second-order valence-electron chi connectivity index (χ2n) is 7.25. The highest BCUT2D eigenvalue weighted by atomic mass is 32.1. The standard InChI is InChI=1S/C20H37N5S/c1-4-6-7-8-11-22-20(21-3)23-14-17-9-12-25(13-10-17)15-18-16-26-19(5-2)24-18/h16-17H,4-15H2,1-3H3,(H2,21,22,23). The number of nitrogens with one attached hydrogen (secondary N) is 2. The van der Waals surface area contributed by atoms with Crippen LogP contribution in [0.4, 0.5) is 0 Å². The van der Waals surface area contributed by atoms with Crippen molar-refractivity contribution in [1.29, 1.82) is 0 Å². The summed E-state index contributed by atoms with van der Waals surface area (Å²) in [5.74, 6) is 1.70. The van der Waals surface area contributed by atoms with Gasteiger partial charge in [-0.1, -0.05) is 33.1 Å². The maximum absolute atomic E-state index is 4.70. The molecule has 1 saturated heterocycles. The zero-order valence-corrected chi connectivity index (χ0v) is 17.7. The molecule has 1 aromatic rings. The van der Waals surface area contributed by atoms with Crippen LogP contribution >= 0.6 is 11.3 Å². The van der Waals surface area contributed by atoms with E-state index in [1.165, 1.54) is 62.3 Å². The predicted molar refractivity (Wildman–Crippen MR) is 113 cm³/mol. The summed E-state index contributed by atoms with van der Waals surface area (Å²) >= 11 is 1.80. The quantitative estimate of drug-likeness (QED) is 0.370. The molecule has 2 heterocycles. The summed E-state index contributed by atoms with van der Waals surface area (Å²) in [7, 11) is 1.86. The number of likely N-dealkylation sites (tertiary alicyclic amines) is 1. The number of nitrogens with zero attached hydrogens (tertiary/aromatic N) is 3. The highest BCUT2D eigenvalue weighted by molar-refractivity contribution is 7.09. The minimum Gasteiger partial charge on any atom is -0.356 e. The zero-order chi connectivity index (χ0) is 18.6. The largest absolute Gasteiger partial charge is 0.356 e. The summed E-state index contributed by atoms with van der Waals surface area (Å²) in [6.07, 6.45) is 8.70. The SMILES string of the molecule is CCCCCCNC(=NC)NCC1CCN(Cc2csc(CC)n2)CC1. The molecule has 5 nitrogen and oxygen atoms in total. The van der Waals surface area contributed by atoms with Crippen molar-refractivity contribution < 1.29 is 0 Å². The van der Waals surface area contributed by atoms with Gasteiger partial charge >= 0.3 is 0 Å². The number of hydrogen-bond acceptors (Lipinski definition) is 4. The average Bonchev–Trinajstić information content (AvgIpc) is 3.13. The maximum Gasteiger partial charge on any atom is 0.190 e. The van der Waals surface area contributed by atoms with Gasteiger partial charge in [0.25, 0.3) is 0 Å². The van der Waals surface area contributed by atoms with Crippen molar-refractivity contribution >= 4 is 17.3 Å². The molecule has 6 heteroatoms. The maximum atomic E-state index is 4.70. The number of piperidine rings is 1. The molecule has 0 radical (unpaired) electrons. The highest BCUT2D eigenvalue weighted by Gasteiger charge is 2.20. The van der Waals surface area contributed by atoms with E-state index in [1.807, 2.05) is 7.05 Å². The van der Waals surface area contributed by atoms with Crippen LogP contribution in [0.2, 0.25) is 0 Å². The van der Waals surface area contributed by atoms with Gasteiger partial charge in [-0.15, -0.1) is 11.3 Å². The summed E-state index contributed by atoms with van der Waals surface area (Å²) in [4.78, 5) is 11.6. The third-order valence-corrected chi connectivity index (χ3v) is 6.14. The number of aryl methyl sites for hydroxylation is 1. The van der Waals surface area contributed by atoms with Crippen LogP contribution in [0.5, 0.6) is 0 Å². The molecule has 1 aliphatic heterocycles. The number of unbranched alkanes of at least 4 members (excludes halogenated alkanes) is 3. The van der Waals surface area contributed by atoms with Crippen molar-refractivity contribution in [2.24, 2.45) is 10.9 Å². The highest BCUT2D eigenvalue weighted by Crippen LogP contribution is 2.19. The van der Waals surface area contributed by atoms with E-state index in [2.05, 4.69) is 39.8 Å². The van der Waals surface area contributed by atoms with Crippen molar-refractivity contribution in [3.63, 3.8) is 0 Å². The molecule has 148 valence electrons. The van der Waals surface area contributed by atoms with Gasteiger partial charge in [-0.3, -0.25) is 9.89 Å². The number of thiazole rings is 1. The van der Waals surface area contributed by atoms with Gasteiger partial charge in [-0.2, -0.15) is 0 Å². The lowest BCUT2D eigenvalue weighted by molar-refractivity contribution is 0.176. The Bertz CT molecular complexity index is 520. The average molecular weight is 380 g/mol. The number of aliphatic imine (C=N–C) groups is 1. The fourth-order valence-electron chi connectivity index (χ4n) is 3.38. The van der Waals surface area contributed by atoms with Gasteiger partial charge in [0.05, 0.1) is 10.7 Å². The van der Waals surface area contributed by atoms with Gasteiger partial charge in [0.15, 0.2) is 5.96 Å². The van der Waals surface area contributed by atoms with Gasteiger partial charge < -0.3 is 10.6 Å². The van der Waals surface area contributed by atoms with Crippen LogP contribution in [0, 0.1) is 5.92 Å². The van der Waals surface area contributed by atoms with E-state index < -0.39 is 0 Å². The van der Waals surface area contributed by atoms with Crippen LogP contribution < -0.4 is 10.6 Å². The lowest BCUT2D eigenvalue weighted by Crippen LogP contribution is -2.43. The zero-order valence-electron chi connectivity index (χ0n) is 16.9. The Hall–Kier alpha value is -1.14. The van der Waals surface area contributed by atoms with E-state index in [9.17, 15) is 0 Å². The summed E-state index contributed by atoms with van der Waals surface area (Å²) in [6, 6.07) is 0. The minimum atomic E-state index is 0.742. The number of rotatable bonds is 10. The van der Waals surface area contributed by atoms with Crippen molar-refractivity contribution in [2.45, 2.75) is 65.3 Å². The molecule has 0 unspecified atom stereocenters. The second-order valence-corrected chi connectivity index (χ2v) is 8.19. The van der Waals surface area contributed by atoms with Crippen LogP contribution in [0.25, 0.3) is 0 Å². The summed E-state index contributed by atoms with van der Waals surface area (Å²) in [5.41, 5.74) is 1.25. The summed E-state index contributed by atoms with van der Waals surface area (Å²) in [5, 5.41) is 10.4. The Morgan fingerprint density at radius 3 is 2.69 bits per heavy atom. The molecule has 26 heavy (non-hydrogen) atoms. The molecule has 2 rings (SSSR count). The van der Waals surface area contributed by atoms with Gasteiger partial charge in [0.2, 0.25) is 0 Å². The number of guanidine groups is 1. The van der Waals surface area contributed by atoms with Crippen LogP contribution in [-0.2, 0) is 13.0 Å². The topological polar surface area (TPSA) is 52.6 Å². The normalized spacial score (nSPS) is 16.8. The first kappa shape index (κ1) is 21.2. The molecule has 2 N–H and O–H groups in total. The van der Waals surface area contributed by atoms with Crippen LogP contribution in [0.3, 0.4) is 0 Å². The van der Waals surface area contributed by atoms with Gasteiger partial charge in [0, 0.05) is 32.1 Å². The Labute approximate surface area is 163 Å². The first-order chi connectivity index (χ1) is 12.7. The lowest BCUT2D eigenvalue weighted by Gasteiger charge is -2.31. The predicted octanol–water partition coefficient (Wildman–Crippen LogP) is 3.66. The van der Waals surface area contributed by atoms with E-state index >= 15 is 0 Å². The second kappa shape index (κ2) is 12.3. The molecular formula is C20H37N5S. The van der Waals surface area contributed by atoms with E-state index in [0.717, 1.165) is 37.9 Å². The summed E-state index contributed by atoms with van der Waals surface area (Å²) in [6.45, 7) is 9.83. The first-order valence-corrected chi connectivity index (χ1v) is 11.2. The van der Waals surface area contributed by atoms with Gasteiger partial charge in [-0.05, 0) is 44.7 Å². The van der Waals surface area contributed by atoms with E-state index in [0.29, 0.717) is 0 Å². The van der Waals surface area contributed by atoms with Crippen molar-refractivity contribution in [1.82, 2.24) is 20.5 Å². The van der Waals surface area contributed by atoms with Crippen LogP contribution in [0.1, 0.15) is 63.1 Å². The Balaban J connectivity index is 1.60. The Morgan fingerprint density at radius 1 is 1.23 bits per heavy atom. The summed E-state index contributed by atoms with van der Waals surface area (Å²) < 4.78 is 0. The number of hydrogen-bond donors (Lipinski definition) is 2. The molecule has 0 saturated carbocycles. The Morgan fingerprint density at radius 2 is 2.04 bits per heavy atom. The van der Waals surface area contributed by atoms with E-state index in [-0.39, 0.29) is 0 Å². The first-order valence-electron chi connectivity index (χ1n) is 10.3. The third kappa shape index (κ3) is 7.62. The fraction of sp³-hybridized carbons (Fsp3) is 0.800. The van der Waals surface area contributed by atoms with Crippen molar-refractivity contribution in [3.8, 4) is 0 Å². The fourth-order valence-corrected chi connectivity index (χ4v) is 4.12. The minimum absolute atomic E-state index is 0.742. The molecule has 0 bridgehead atoms. The smallest absolute Gasteiger partial charge is 0.190 e. The molecule has 0 atom stereocenters. The van der Waals surface area contributed by atoms with Crippen LogP contribution in [0.15, 0.2) is 10.4 Å². The molecule has 1 aromatic heterocycles. The number of aromatic nitrogens is 1. The van der Waals surface area contributed by atoms with Gasteiger partial charge in [-0.25, -0.2) is 4.98 Å². The van der Waals surface area contributed by atoms with E-state index in [4.69, 9.17) is 4.98 Å². The van der Waals surface area contributed by atoms with Crippen molar-refractivity contribution in [2.75, 3.05) is 33.2 Å². The molecule has 0 aromatic carbocycles. The molecule has 0 amide bonds. The molecule has 1 aliphatic rings. The third-order valence-electron chi connectivity index (χ3n) is 5.10. The monoisotopic (exact) mass is 379 g/mol. The Kier molecular flexibility index (Phi) is 10.00.